The first-order chi connectivity index (χ1) is 9.21. The molecule has 112 valence electrons. The van der Waals surface area contributed by atoms with Crippen LogP contribution in [0.3, 0.4) is 0 Å². The van der Waals surface area contributed by atoms with E-state index < -0.39 is 5.97 Å². The van der Waals surface area contributed by atoms with Crippen molar-refractivity contribution < 1.29 is 14.7 Å². The highest BCUT2D eigenvalue weighted by Crippen LogP contribution is 2.27. The maximum Gasteiger partial charge on any atom is 0.313 e. The fourth-order valence-corrected chi connectivity index (χ4v) is 2.55. The smallest absolute Gasteiger partial charge is 0.313 e. The zero-order chi connectivity index (χ0) is 15.3. The number of primary amides is 1. The first-order valence-corrected chi connectivity index (χ1v) is 7.39. The lowest BCUT2D eigenvalue weighted by Crippen LogP contribution is -2.19. The fraction of sp³-hybridized carbons (Fsp3) is 0.615. The van der Waals surface area contributed by atoms with Crippen molar-refractivity contribution >= 4 is 23.6 Å². The number of aliphatic carboxylic acids is 1. The Morgan fingerprint density at radius 1 is 1.45 bits per heavy atom. The summed E-state index contributed by atoms with van der Waals surface area (Å²) in [7, 11) is 0. The third-order valence-corrected chi connectivity index (χ3v) is 3.69. The van der Waals surface area contributed by atoms with Crippen molar-refractivity contribution in [2.24, 2.45) is 5.73 Å². The molecule has 1 rings (SSSR count). The lowest BCUT2D eigenvalue weighted by Gasteiger charge is -2.21. The number of hydrogen-bond acceptors (Lipinski definition) is 4. The number of amides is 1. The largest absolute Gasteiger partial charge is 0.481 e. The van der Waals surface area contributed by atoms with E-state index in [2.05, 4.69) is 25.8 Å². The number of rotatable bonds is 7. The molecule has 0 saturated heterocycles. The summed E-state index contributed by atoms with van der Waals surface area (Å²) >= 11 is 1.19. The molecule has 0 saturated carbocycles. The molecule has 0 atom stereocenters. The molecular formula is C13H21N3O3S. The highest BCUT2D eigenvalue weighted by Gasteiger charge is 2.22. The Morgan fingerprint density at radius 3 is 2.60 bits per heavy atom. The molecule has 1 heterocycles. The number of carbonyl (C=O) groups excluding carboxylic acids is 1. The van der Waals surface area contributed by atoms with Gasteiger partial charge < -0.3 is 15.4 Å². The SMILES string of the molecule is CC(C)(C)c1cnc(SCC(=O)O)n1CCCC(N)=O. The summed E-state index contributed by atoms with van der Waals surface area (Å²) in [6.07, 6.45) is 2.70. The van der Waals surface area contributed by atoms with Gasteiger partial charge in [0.05, 0.1) is 5.75 Å². The molecule has 1 aromatic rings. The number of nitrogens with two attached hydrogens (primary N) is 1. The summed E-state index contributed by atoms with van der Waals surface area (Å²) in [5.41, 5.74) is 6.07. The van der Waals surface area contributed by atoms with Crippen LogP contribution in [0.15, 0.2) is 11.4 Å². The van der Waals surface area contributed by atoms with E-state index >= 15 is 0 Å². The van der Waals surface area contributed by atoms with Crippen molar-refractivity contribution in [3.05, 3.63) is 11.9 Å². The number of aromatic nitrogens is 2. The molecule has 1 amide bonds. The molecule has 20 heavy (non-hydrogen) atoms. The van der Waals surface area contributed by atoms with Crippen LogP contribution in [0, 0.1) is 0 Å². The maximum atomic E-state index is 10.8. The average molecular weight is 299 g/mol. The minimum atomic E-state index is -0.876. The lowest BCUT2D eigenvalue weighted by molar-refractivity contribution is -0.133. The van der Waals surface area contributed by atoms with Gasteiger partial charge in [-0.15, -0.1) is 0 Å². The van der Waals surface area contributed by atoms with Crippen LogP contribution >= 0.6 is 11.8 Å². The van der Waals surface area contributed by atoms with Gasteiger partial charge in [0.2, 0.25) is 5.91 Å². The van der Waals surface area contributed by atoms with Crippen LogP contribution in [0.5, 0.6) is 0 Å². The molecule has 0 aliphatic carbocycles. The van der Waals surface area contributed by atoms with Gasteiger partial charge in [-0.25, -0.2) is 4.98 Å². The Morgan fingerprint density at radius 2 is 2.10 bits per heavy atom. The third-order valence-electron chi connectivity index (χ3n) is 2.72. The second-order valence-corrected chi connectivity index (χ2v) is 6.52. The van der Waals surface area contributed by atoms with Gasteiger partial charge in [0.15, 0.2) is 5.16 Å². The Balaban J connectivity index is 2.90. The summed E-state index contributed by atoms with van der Waals surface area (Å²) in [5.74, 6) is -1.24. The van der Waals surface area contributed by atoms with E-state index in [9.17, 15) is 9.59 Å². The van der Waals surface area contributed by atoms with Gasteiger partial charge in [-0.3, -0.25) is 9.59 Å². The Hall–Kier alpha value is -1.50. The van der Waals surface area contributed by atoms with Crippen LogP contribution < -0.4 is 5.73 Å². The van der Waals surface area contributed by atoms with E-state index in [0.717, 1.165) is 5.69 Å². The van der Waals surface area contributed by atoms with Crippen molar-refractivity contribution in [3.63, 3.8) is 0 Å². The number of nitrogens with zero attached hydrogens (tertiary/aromatic N) is 2. The molecule has 7 heteroatoms. The average Bonchev–Trinajstić information content (AvgIpc) is 2.68. The molecular weight excluding hydrogens is 278 g/mol. The van der Waals surface area contributed by atoms with Crippen LogP contribution in [0.4, 0.5) is 0 Å². The van der Waals surface area contributed by atoms with E-state index in [1.54, 1.807) is 6.20 Å². The number of carboxylic acid groups (broad SMARTS) is 1. The molecule has 0 aliphatic rings. The van der Waals surface area contributed by atoms with Crippen LogP contribution in [0.2, 0.25) is 0 Å². The van der Waals surface area contributed by atoms with Crippen LogP contribution in [-0.2, 0) is 21.5 Å². The highest BCUT2D eigenvalue weighted by molar-refractivity contribution is 7.99. The minimum absolute atomic E-state index is 0.0313. The second kappa shape index (κ2) is 6.78. The van der Waals surface area contributed by atoms with E-state index in [1.807, 2.05) is 4.57 Å². The zero-order valence-electron chi connectivity index (χ0n) is 12.0. The van der Waals surface area contributed by atoms with Crippen molar-refractivity contribution in [3.8, 4) is 0 Å². The summed E-state index contributed by atoms with van der Waals surface area (Å²) < 4.78 is 1.98. The van der Waals surface area contributed by atoms with Crippen molar-refractivity contribution in [1.29, 1.82) is 0 Å². The molecule has 0 aliphatic heterocycles. The third kappa shape index (κ3) is 4.88. The van der Waals surface area contributed by atoms with Gasteiger partial charge in [0, 0.05) is 30.3 Å². The zero-order valence-corrected chi connectivity index (χ0v) is 12.9. The van der Waals surface area contributed by atoms with Gasteiger partial charge in [-0.1, -0.05) is 32.5 Å². The topological polar surface area (TPSA) is 98.2 Å². The number of hydrogen-bond donors (Lipinski definition) is 2. The van der Waals surface area contributed by atoms with Gasteiger partial charge in [0.1, 0.15) is 0 Å². The molecule has 3 N–H and O–H groups in total. The van der Waals surface area contributed by atoms with Gasteiger partial charge in [-0.2, -0.15) is 0 Å². The summed E-state index contributed by atoms with van der Waals surface area (Å²) in [4.78, 5) is 25.8. The van der Waals surface area contributed by atoms with E-state index in [4.69, 9.17) is 10.8 Å². The summed E-state index contributed by atoms with van der Waals surface area (Å²) in [5, 5.41) is 9.43. The maximum absolute atomic E-state index is 10.8. The van der Waals surface area contributed by atoms with Crippen molar-refractivity contribution in [2.45, 2.75) is 50.7 Å². The number of carbonyl (C=O) groups is 2. The molecule has 1 aromatic heterocycles. The Labute approximate surface area is 122 Å². The Bertz CT molecular complexity index is 492. The molecule has 0 spiro atoms. The molecule has 0 aromatic carbocycles. The first-order valence-electron chi connectivity index (χ1n) is 6.40. The standard InChI is InChI=1S/C13H21N3O3S/c1-13(2,3)9-7-15-12(20-8-11(18)19)16(9)6-4-5-10(14)17/h7H,4-6,8H2,1-3H3,(H2,14,17)(H,18,19). The van der Waals surface area contributed by atoms with E-state index in [1.165, 1.54) is 11.8 Å². The van der Waals surface area contributed by atoms with Crippen molar-refractivity contribution in [1.82, 2.24) is 9.55 Å². The van der Waals surface area contributed by atoms with E-state index in [0.29, 0.717) is 24.5 Å². The summed E-state index contributed by atoms with van der Waals surface area (Å²) in [6.45, 7) is 6.82. The second-order valence-electron chi connectivity index (χ2n) is 5.58. The Kier molecular flexibility index (Phi) is 5.62. The lowest BCUT2D eigenvalue weighted by atomic mass is 9.92. The fourth-order valence-electron chi connectivity index (χ4n) is 1.83. The number of thioether (sulfide) groups is 1. The van der Waals surface area contributed by atoms with Gasteiger partial charge in [-0.05, 0) is 6.42 Å². The monoisotopic (exact) mass is 299 g/mol. The van der Waals surface area contributed by atoms with Gasteiger partial charge in [0.25, 0.3) is 0 Å². The van der Waals surface area contributed by atoms with Crippen LogP contribution in [-0.4, -0.2) is 32.3 Å². The molecule has 6 nitrogen and oxygen atoms in total. The molecule has 0 unspecified atom stereocenters. The first kappa shape index (κ1) is 16.6. The minimum Gasteiger partial charge on any atom is -0.481 e. The van der Waals surface area contributed by atoms with Gasteiger partial charge >= 0.3 is 5.97 Å². The van der Waals surface area contributed by atoms with E-state index in [-0.39, 0.29) is 17.1 Å². The van der Waals surface area contributed by atoms with Crippen LogP contribution in [0.25, 0.3) is 0 Å². The normalized spacial score (nSPS) is 11.6. The molecule has 0 radical (unpaired) electrons. The highest BCUT2D eigenvalue weighted by atomic mass is 32.2. The predicted molar refractivity (Wildman–Crippen MR) is 77.7 cm³/mol. The predicted octanol–water partition coefficient (Wildman–Crippen LogP) is 1.62. The summed E-state index contributed by atoms with van der Waals surface area (Å²) in [6, 6.07) is 0. The van der Waals surface area contributed by atoms with Crippen molar-refractivity contribution in [2.75, 3.05) is 5.75 Å². The quantitative estimate of drug-likeness (QED) is 0.745. The molecule has 0 bridgehead atoms. The number of carboxylic acids is 1. The number of imidazole rings is 1. The van der Waals surface area contributed by atoms with Crippen LogP contribution in [0.1, 0.15) is 39.3 Å². The molecule has 0 fully saturated rings.